The quantitative estimate of drug-likeness (QED) is 0.579. The van der Waals surface area contributed by atoms with Gasteiger partial charge in [-0.2, -0.15) is 0 Å². The highest BCUT2D eigenvalue weighted by Crippen LogP contribution is 2.27. The molecule has 0 bridgehead atoms. The second-order valence-corrected chi connectivity index (χ2v) is 3.91. The van der Waals surface area contributed by atoms with Gasteiger partial charge in [-0.05, 0) is 0 Å². The highest BCUT2D eigenvalue weighted by Gasteiger charge is 2.31. The minimum absolute atomic E-state index is 0.0488. The van der Waals surface area contributed by atoms with Crippen LogP contribution in [0, 0.1) is 10.1 Å². The molecule has 1 aliphatic heterocycles. The number of aliphatic carboxylic acids is 1. The molecule has 9 heteroatoms. The second kappa shape index (κ2) is 4.61. The van der Waals surface area contributed by atoms with E-state index in [-0.39, 0.29) is 24.7 Å². The number of hydrogen-bond donors (Lipinski definition) is 1. The first-order chi connectivity index (χ1) is 8.49. The summed E-state index contributed by atoms with van der Waals surface area (Å²) in [5.41, 5.74) is -0.136. The molecule has 1 aromatic heterocycles. The number of rotatable bonds is 3. The zero-order valence-electron chi connectivity index (χ0n) is 9.65. The fourth-order valence-corrected chi connectivity index (χ4v) is 1.81. The molecule has 98 valence electrons. The molecule has 1 fully saturated rings. The zero-order valence-corrected chi connectivity index (χ0v) is 9.65. The van der Waals surface area contributed by atoms with Crippen LogP contribution < -0.4 is 4.90 Å². The van der Waals surface area contributed by atoms with E-state index in [1.807, 2.05) is 0 Å². The maximum absolute atomic E-state index is 10.9. The molecule has 18 heavy (non-hydrogen) atoms. The van der Waals surface area contributed by atoms with Crippen molar-refractivity contribution in [2.75, 3.05) is 24.6 Å². The maximum atomic E-state index is 10.9. The summed E-state index contributed by atoms with van der Waals surface area (Å²) in [4.78, 5) is 22.7. The maximum Gasteiger partial charge on any atom is 0.334 e. The summed E-state index contributed by atoms with van der Waals surface area (Å²) in [7, 11) is 1.58. The van der Waals surface area contributed by atoms with Gasteiger partial charge in [0.2, 0.25) is 5.82 Å². The van der Waals surface area contributed by atoms with Crippen molar-refractivity contribution in [3.05, 3.63) is 16.3 Å². The third kappa shape index (κ3) is 2.25. The molecule has 1 aliphatic rings. The number of anilines is 1. The molecule has 0 radical (unpaired) electrons. The normalized spacial score (nSPS) is 19.8. The first-order valence-corrected chi connectivity index (χ1v) is 5.26. The number of nitro groups is 1. The molecular weight excluding hydrogens is 244 g/mol. The summed E-state index contributed by atoms with van der Waals surface area (Å²) in [5, 5.41) is 23.7. The van der Waals surface area contributed by atoms with E-state index >= 15 is 0 Å². The molecule has 2 heterocycles. The van der Waals surface area contributed by atoms with Gasteiger partial charge in [-0.15, -0.1) is 5.10 Å². The van der Waals surface area contributed by atoms with Gasteiger partial charge in [0, 0.05) is 13.6 Å². The number of morpholine rings is 1. The Morgan fingerprint density at radius 1 is 1.72 bits per heavy atom. The molecule has 0 spiro atoms. The third-order valence-corrected chi connectivity index (χ3v) is 2.63. The zero-order chi connectivity index (χ0) is 13.3. The Balaban J connectivity index is 2.25. The van der Waals surface area contributed by atoms with Crippen molar-refractivity contribution >= 4 is 17.5 Å². The van der Waals surface area contributed by atoms with E-state index < -0.39 is 17.0 Å². The van der Waals surface area contributed by atoms with Crippen LogP contribution in [0.15, 0.2) is 6.20 Å². The minimum atomic E-state index is -1.08. The number of nitrogens with zero attached hydrogens (tertiary/aromatic N) is 4. The van der Waals surface area contributed by atoms with Gasteiger partial charge in [0.15, 0.2) is 6.10 Å². The summed E-state index contributed by atoms with van der Waals surface area (Å²) in [6, 6.07) is 0. The Morgan fingerprint density at radius 3 is 3.06 bits per heavy atom. The number of aryl methyl sites for hydroxylation is 1. The Hall–Kier alpha value is -2.16. The van der Waals surface area contributed by atoms with Crippen LogP contribution in [0.1, 0.15) is 0 Å². The largest absolute Gasteiger partial charge is 0.479 e. The average molecular weight is 256 g/mol. The predicted molar refractivity (Wildman–Crippen MR) is 59.5 cm³/mol. The van der Waals surface area contributed by atoms with E-state index in [4.69, 9.17) is 9.84 Å². The van der Waals surface area contributed by atoms with Crippen LogP contribution >= 0.6 is 0 Å². The van der Waals surface area contributed by atoms with E-state index in [2.05, 4.69) is 5.10 Å². The van der Waals surface area contributed by atoms with Crippen LogP contribution in [0.5, 0.6) is 0 Å². The number of hydrogen-bond acceptors (Lipinski definition) is 6. The molecule has 0 aliphatic carbocycles. The van der Waals surface area contributed by atoms with Crippen LogP contribution in [-0.4, -0.2) is 51.6 Å². The van der Waals surface area contributed by atoms with Crippen LogP contribution in [0.25, 0.3) is 0 Å². The van der Waals surface area contributed by atoms with E-state index in [0.29, 0.717) is 6.54 Å². The molecule has 0 saturated carbocycles. The fraction of sp³-hybridized carbons (Fsp3) is 0.556. The molecule has 0 aromatic carbocycles. The Bertz CT molecular complexity index is 485. The number of carboxylic acids is 1. The molecule has 9 nitrogen and oxygen atoms in total. The number of carboxylic acid groups (broad SMARTS) is 1. The fourth-order valence-electron chi connectivity index (χ4n) is 1.81. The lowest BCUT2D eigenvalue weighted by atomic mass is 10.2. The van der Waals surface area contributed by atoms with Crippen molar-refractivity contribution in [2.24, 2.45) is 7.05 Å². The number of carbonyl (C=O) groups is 1. The van der Waals surface area contributed by atoms with Crippen LogP contribution in [0.4, 0.5) is 11.5 Å². The molecule has 0 amide bonds. The lowest BCUT2D eigenvalue weighted by Gasteiger charge is -2.30. The molecule has 2 rings (SSSR count). The van der Waals surface area contributed by atoms with Gasteiger partial charge >= 0.3 is 11.7 Å². The predicted octanol–water partition coefficient (Wildman–Crippen LogP) is -0.382. The van der Waals surface area contributed by atoms with Gasteiger partial charge in [0.25, 0.3) is 0 Å². The molecule has 1 aromatic rings. The Morgan fingerprint density at radius 2 is 2.44 bits per heavy atom. The molecule has 1 N–H and O–H groups in total. The highest BCUT2D eigenvalue weighted by atomic mass is 16.6. The average Bonchev–Trinajstić information content (AvgIpc) is 2.72. The van der Waals surface area contributed by atoms with Crippen LogP contribution in [-0.2, 0) is 16.6 Å². The molecule has 1 saturated heterocycles. The Kier molecular flexibility index (Phi) is 3.15. The van der Waals surface area contributed by atoms with Crippen LogP contribution in [0.2, 0.25) is 0 Å². The third-order valence-electron chi connectivity index (χ3n) is 2.63. The monoisotopic (exact) mass is 256 g/mol. The van der Waals surface area contributed by atoms with Gasteiger partial charge in [-0.3, -0.25) is 14.8 Å². The molecule has 1 unspecified atom stereocenters. The lowest BCUT2D eigenvalue weighted by Crippen LogP contribution is -2.46. The van der Waals surface area contributed by atoms with E-state index in [1.54, 1.807) is 11.9 Å². The summed E-state index contributed by atoms with van der Waals surface area (Å²) in [6.45, 7) is 0.625. The van der Waals surface area contributed by atoms with Crippen molar-refractivity contribution in [1.29, 1.82) is 0 Å². The summed E-state index contributed by atoms with van der Waals surface area (Å²) in [6.07, 6.45) is 0.306. The number of aromatic nitrogens is 2. The SMILES string of the molecule is Cn1cc([N+](=O)[O-])c(N2CCOC(C(=O)O)C2)n1. The molecular formula is C9H12N4O5. The highest BCUT2D eigenvalue weighted by molar-refractivity contribution is 5.74. The summed E-state index contributed by atoms with van der Waals surface area (Å²) < 4.78 is 6.38. The van der Waals surface area contributed by atoms with Crippen molar-refractivity contribution in [2.45, 2.75) is 6.10 Å². The van der Waals surface area contributed by atoms with E-state index in [9.17, 15) is 14.9 Å². The summed E-state index contributed by atoms with van der Waals surface area (Å²) >= 11 is 0. The first-order valence-electron chi connectivity index (χ1n) is 5.26. The Labute approximate surface area is 102 Å². The molecule has 1 atom stereocenters. The van der Waals surface area contributed by atoms with Gasteiger partial charge in [0.05, 0.1) is 18.1 Å². The topological polar surface area (TPSA) is 111 Å². The lowest BCUT2D eigenvalue weighted by molar-refractivity contribution is -0.384. The van der Waals surface area contributed by atoms with Gasteiger partial charge in [0.1, 0.15) is 6.20 Å². The standard InChI is InChI=1S/C9H12N4O5/c1-11-4-6(13(16)17)8(10-11)12-2-3-18-7(5-12)9(14)15/h4,7H,2-3,5H2,1H3,(H,14,15). The second-order valence-electron chi connectivity index (χ2n) is 3.91. The van der Waals surface area contributed by atoms with Gasteiger partial charge in [-0.25, -0.2) is 4.79 Å². The van der Waals surface area contributed by atoms with Crippen molar-refractivity contribution < 1.29 is 19.6 Å². The minimum Gasteiger partial charge on any atom is -0.479 e. The van der Waals surface area contributed by atoms with E-state index in [0.717, 1.165) is 0 Å². The summed E-state index contributed by atoms with van der Waals surface area (Å²) in [5.74, 6) is -0.907. The first kappa shape index (κ1) is 12.3. The smallest absolute Gasteiger partial charge is 0.334 e. The van der Waals surface area contributed by atoms with Crippen molar-refractivity contribution in [3.63, 3.8) is 0 Å². The van der Waals surface area contributed by atoms with E-state index in [1.165, 1.54) is 10.9 Å². The van der Waals surface area contributed by atoms with Crippen LogP contribution in [0.3, 0.4) is 0 Å². The van der Waals surface area contributed by atoms with Gasteiger partial charge in [-0.1, -0.05) is 0 Å². The number of ether oxygens (including phenoxy) is 1. The van der Waals surface area contributed by atoms with Crippen molar-refractivity contribution in [3.8, 4) is 0 Å². The van der Waals surface area contributed by atoms with Crippen molar-refractivity contribution in [1.82, 2.24) is 9.78 Å². The van der Waals surface area contributed by atoms with Gasteiger partial charge < -0.3 is 14.7 Å².